The molecule has 0 bridgehead atoms. The molecule has 1 unspecified atom stereocenters. The summed E-state index contributed by atoms with van der Waals surface area (Å²) in [6.07, 6.45) is 1.72. The summed E-state index contributed by atoms with van der Waals surface area (Å²) in [5.41, 5.74) is 3.04. The Labute approximate surface area is 271 Å². The van der Waals surface area contributed by atoms with Crippen LogP contribution in [0.15, 0.2) is 112 Å². The lowest BCUT2D eigenvalue weighted by Gasteiger charge is -2.25. The third-order valence-electron chi connectivity index (χ3n) is 7.36. The first kappa shape index (κ1) is 30.9. The molecule has 46 heavy (non-hydrogen) atoms. The van der Waals surface area contributed by atoms with Crippen LogP contribution in [-0.4, -0.2) is 17.6 Å². The average Bonchev–Trinajstić information content (AvgIpc) is 3.34. The number of fused-ring (bicyclic) bond motifs is 1. The van der Waals surface area contributed by atoms with Crippen LogP contribution in [0.5, 0.6) is 11.5 Å². The van der Waals surface area contributed by atoms with E-state index in [1.54, 1.807) is 67.6 Å². The van der Waals surface area contributed by atoms with E-state index in [0.717, 1.165) is 12.1 Å². The second-order valence-electron chi connectivity index (χ2n) is 10.4. The Hall–Kier alpha value is -5.06. The molecule has 0 radical (unpaired) electrons. The van der Waals surface area contributed by atoms with Crippen molar-refractivity contribution in [3.05, 3.63) is 155 Å². The summed E-state index contributed by atoms with van der Waals surface area (Å²) in [5, 5.41) is 3.45. The number of thiazole rings is 1. The lowest BCUT2D eigenvalue weighted by atomic mass is 9.95. The van der Waals surface area contributed by atoms with Gasteiger partial charge in [0.2, 0.25) is 0 Å². The van der Waals surface area contributed by atoms with Gasteiger partial charge in [-0.1, -0.05) is 59.3 Å². The number of ether oxygens (including phenoxy) is 2. The van der Waals surface area contributed by atoms with Crippen LogP contribution in [0.3, 0.4) is 0 Å². The SMILES string of the molecule is COc1ccc(/C=c2\sc3n(c2=O)C(c2ccc(Cl)cc2)C(C(=O)Nc2ccccc2)=C(C)N=3)cc1COc1ccc(F)cc1F. The number of hydrogen-bond donors (Lipinski definition) is 1. The first-order valence-electron chi connectivity index (χ1n) is 14.1. The van der Waals surface area contributed by atoms with Gasteiger partial charge in [-0.15, -0.1) is 0 Å². The van der Waals surface area contributed by atoms with E-state index < -0.39 is 17.7 Å². The number of benzene rings is 4. The molecule has 1 N–H and O–H groups in total. The molecule has 1 atom stereocenters. The number of para-hydroxylation sites is 1. The lowest BCUT2D eigenvalue weighted by molar-refractivity contribution is -0.113. The number of nitrogens with zero attached hydrogens (tertiary/aromatic N) is 2. The highest BCUT2D eigenvalue weighted by molar-refractivity contribution is 7.07. The summed E-state index contributed by atoms with van der Waals surface area (Å²) in [7, 11) is 1.50. The number of halogens is 3. The zero-order chi connectivity index (χ0) is 32.4. The van der Waals surface area contributed by atoms with Crippen molar-refractivity contribution in [1.29, 1.82) is 0 Å². The van der Waals surface area contributed by atoms with Crippen LogP contribution in [0.2, 0.25) is 5.02 Å². The third kappa shape index (κ3) is 6.35. The maximum atomic E-state index is 14.2. The van der Waals surface area contributed by atoms with Gasteiger partial charge in [-0.2, -0.15) is 0 Å². The highest BCUT2D eigenvalue weighted by atomic mass is 35.5. The highest BCUT2D eigenvalue weighted by Crippen LogP contribution is 2.31. The van der Waals surface area contributed by atoms with Crippen molar-refractivity contribution in [3.8, 4) is 11.5 Å². The third-order valence-corrected chi connectivity index (χ3v) is 8.60. The van der Waals surface area contributed by atoms with Crippen LogP contribution in [0.4, 0.5) is 14.5 Å². The van der Waals surface area contributed by atoms with Crippen LogP contribution in [-0.2, 0) is 11.4 Å². The number of rotatable bonds is 8. The first-order chi connectivity index (χ1) is 22.2. The Kier molecular flexibility index (Phi) is 8.83. The van der Waals surface area contributed by atoms with Crippen LogP contribution >= 0.6 is 22.9 Å². The Morgan fingerprint density at radius 1 is 1.02 bits per heavy atom. The lowest BCUT2D eigenvalue weighted by Crippen LogP contribution is -2.40. The molecule has 1 aliphatic heterocycles. The Balaban J connectivity index is 1.40. The molecule has 1 aromatic heterocycles. The van der Waals surface area contributed by atoms with Crippen molar-refractivity contribution >= 4 is 40.6 Å². The number of carbonyl (C=O) groups excluding carboxylic acids is 1. The molecule has 0 saturated heterocycles. The van der Waals surface area contributed by atoms with Gasteiger partial charge < -0.3 is 14.8 Å². The van der Waals surface area contributed by atoms with Gasteiger partial charge in [0, 0.05) is 22.3 Å². The summed E-state index contributed by atoms with van der Waals surface area (Å²) in [4.78, 5) is 32.9. The fraction of sp³-hybridized carbons (Fsp3) is 0.114. The molecule has 0 fully saturated rings. The Morgan fingerprint density at radius 3 is 2.48 bits per heavy atom. The summed E-state index contributed by atoms with van der Waals surface area (Å²) in [5.74, 6) is -1.51. The quantitative estimate of drug-likeness (QED) is 0.210. The van der Waals surface area contributed by atoms with Crippen molar-refractivity contribution in [2.75, 3.05) is 12.4 Å². The van der Waals surface area contributed by atoms with Crippen molar-refractivity contribution in [3.63, 3.8) is 0 Å². The molecule has 0 saturated carbocycles. The fourth-order valence-electron chi connectivity index (χ4n) is 5.19. The van der Waals surface area contributed by atoms with Crippen molar-refractivity contribution in [2.24, 2.45) is 4.99 Å². The van der Waals surface area contributed by atoms with Crippen LogP contribution in [0, 0.1) is 11.6 Å². The van der Waals surface area contributed by atoms with E-state index in [1.807, 2.05) is 18.2 Å². The Bertz CT molecular complexity index is 2160. The topological polar surface area (TPSA) is 81.9 Å². The number of carbonyl (C=O) groups is 1. The molecule has 11 heteroatoms. The summed E-state index contributed by atoms with van der Waals surface area (Å²) in [6.45, 7) is 1.68. The maximum absolute atomic E-state index is 14.2. The minimum absolute atomic E-state index is 0.0652. The molecular weight excluding hydrogens is 632 g/mol. The predicted molar refractivity (Wildman–Crippen MR) is 174 cm³/mol. The Morgan fingerprint density at radius 2 is 1.76 bits per heavy atom. The predicted octanol–water partition coefficient (Wildman–Crippen LogP) is 6.39. The largest absolute Gasteiger partial charge is 0.496 e. The minimum atomic E-state index is -0.821. The summed E-state index contributed by atoms with van der Waals surface area (Å²) < 4.78 is 40.5. The molecule has 0 spiro atoms. The van der Waals surface area contributed by atoms with Crippen molar-refractivity contribution in [2.45, 2.75) is 19.6 Å². The number of amides is 1. The van der Waals surface area contributed by atoms with Crippen LogP contribution in [0.1, 0.15) is 29.7 Å². The second kappa shape index (κ2) is 13.1. The highest BCUT2D eigenvalue weighted by Gasteiger charge is 2.32. The van der Waals surface area contributed by atoms with Crippen molar-refractivity contribution < 1.29 is 23.0 Å². The van der Waals surface area contributed by atoms with Crippen molar-refractivity contribution in [1.82, 2.24) is 4.57 Å². The monoisotopic (exact) mass is 657 g/mol. The molecule has 7 nitrogen and oxygen atoms in total. The molecule has 0 aliphatic carbocycles. The number of allylic oxidation sites excluding steroid dienone is 1. The normalized spacial score (nSPS) is 14.5. The molecule has 1 aliphatic rings. The standard InChI is InChI=1S/C35H26ClF2N3O4S/c1-20-31(33(42)40-26-6-4-3-5-7-26)32(22-9-11-24(36)12-10-22)41-34(43)30(46-35(41)39-20)17-21-8-14-28(44-2)23(16-21)19-45-29-15-13-25(37)18-27(29)38/h3-18,32H,19H2,1-2H3,(H,40,42)/b30-17-. The molecule has 1 amide bonds. The summed E-state index contributed by atoms with van der Waals surface area (Å²) in [6, 6.07) is 23.6. The number of nitrogens with one attached hydrogen (secondary N) is 1. The number of anilines is 1. The second-order valence-corrected chi connectivity index (χ2v) is 11.8. The zero-order valence-corrected chi connectivity index (χ0v) is 26.2. The van der Waals surface area contributed by atoms with Gasteiger partial charge in [0.1, 0.15) is 18.2 Å². The van der Waals surface area contributed by atoms with Gasteiger partial charge in [0.05, 0.1) is 29.0 Å². The molecular formula is C35H26ClF2N3O4S. The number of hydrogen-bond acceptors (Lipinski definition) is 6. The van der Waals surface area contributed by atoms with Gasteiger partial charge in [-0.25, -0.2) is 13.8 Å². The van der Waals surface area contributed by atoms with Crippen LogP contribution < -0.4 is 29.7 Å². The molecule has 5 aromatic rings. The van der Waals surface area contributed by atoms with E-state index in [1.165, 1.54) is 29.1 Å². The maximum Gasteiger partial charge on any atom is 0.271 e. The van der Waals surface area contributed by atoms with Gasteiger partial charge in [0.15, 0.2) is 16.4 Å². The molecule has 4 aromatic carbocycles. The van der Waals surface area contributed by atoms with Crippen LogP contribution in [0.25, 0.3) is 6.08 Å². The van der Waals surface area contributed by atoms with E-state index in [0.29, 0.717) is 53.8 Å². The van der Waals surface area contributed by atoms with E-state index in [2.05, 4.69) is 10.3 Å². The van der Waals surface area contributed by atoms with Gasteiger partial charge in [-0.3, -0.25) is 14.2 Å². The zero-order valence-electron chi connectivity index (χ0n) is 24.6. The first-order valence-corrected chi connectivity index (χ1v) is 15.3. The van der Waals surface area contributed by atoms with E-state index in [9.17, 15) is 18.4 Å². The summed E-state index contributed by atoms with van der Waals surface area (Å²) >= 11 is 7.38. The number of methoxy groups -OCH3 is 1. The van der Waals surface area contributed by atoms with Gasteiger partial charge >= 0.3 is 0 Å². The minimum Gasteiger partial charge on any atom is -0.496 e. The van der Waals surface area contributed by atoms with E-state index >= 15 is 0 Å². The smallest absolute Gasteiger partial charge is 0.271 e. The number of aromatic nitrogens is 1. The van der Waals surface area contributed by atoms with E-state index in [4.69, 9.17) is 21.1 Å². The molecule has 6 rings (SSSR count). The van der Waals surface area contributed by atoms with Gasteiger partial charge in [0.25, 0.3) is 11.5 Å². The fourth-order valence-corrected chi connectivity index (χ4v) is 6.37. The van der Waals surface area contributed by atoms with Gasteiger partial charge in [-0.05, 0) is 72.7 Å². The molecule has 232 valence electrons. The van der Waals surface area contributed by atoms with E-state index in [-0.39, 0.29) is 23.8 Å². The molecule has 2 heterocycles. The average molecular weight is 658 g/mol.